The first-order chi connectivity index (χ1) is 15.8. The van der Waals surface area contributed by atoms with Gasteiger partial charge in [-0.25, -0.2) is 28.9 Å². The van der Waals surface area contributed by atoms with Crippen molar-refractivity contribution in [3.05, 3.63) is 81.9 Å². The molecule has 4 aromatic rings. The van der Waals surface area contributed by atoms with Crippen LogP contribution in [0.15, 0.2) is 58.1 Å². The molecule has 10 nitrogen and oxygen atoms in total. The van der Waals surface area contributed by atoms with Crippen molar-refractivity contribution in [2.75, 3.05) is 11.8 Å². The number of fused-ring (bicyclic) bond motifs is 1. The van der Waals surface area contributed by atoms with Crippen molar-refractivity contribution in [2.24, 2.45) is 0 Å². The Morgan fingerprint density at radius 1 is 1.12 bits per heavy atom. The van der Waals surface area contributed by atoms with Gasteiger partial charge in [0.25, 0.3) is 10.2 Å². The standard InChI is InChI=1S/C21H18FN5O5S.Na.H/c1-12-15-5-4-14(31-21-25-7-3-8-26-21)11-17(15)32-20(28)16(12)10-13-6-9-24-19(18(13)22)27-33(29,30)23-2;;/h3-9,11,23H,10H2,1-2H3,(H,24,27);;. The zero-order valence-electron chi connectivity index (χ0n) is 17.5. The van der Waals surface area contributed by atoms with Gasteiger partial charge in [-0.15, -0.1) is 0 Å². The molecule has 0 bridgehead atoms. The summed E-state index contributed by atoms with van der Waals surface area (Å²) in [6.07, 6.45) is 4.20. The summed E-state index contributed by atoms with van der Waals surface area (Å²) in [5.41, 5.74) is 0.538. The number of halogens is 1. The number of aromatic nitrogens is 3. The molecule has 0 unspecified atom stereocenters. The molecular formula is C21H19FN5NaO5S. The quantitative estimate of drug-likeness (QED) is 0.294. The van der Waals surface area contributed by atoms with Crippen molar-refractivity contribution in [1.29, 1.82) is 0 Å². The van der Waals surface area contributed by atoms with Crippen LogP contribution in [-0.2, 0) is 16.6 Å². The monoisotopic (exact) mass is 495 g/mol. The van der Waals surface area contributed by atoms with Gasteiger partial charge in [-0.2, -0.15) is 8.42 Å². The van der Waals surface area contributed by atoms with Crippen LogP contribution in [0.2, 0.25) is 0 Å². The Hall–Kier alpha value is -2.90. The molecule has 0 saturated heterocycles. The molecule has 0 aliphatic heterocycles. The van der Waals surface area contributed by atoms with Crippen LogP contribution in [0, 0.1) is 12.7 Å². The summed E-state index contributed by atoms with van der Waals surface area (Å²) in [4.78, 5) is 24.4. The van der Waals surface area contributed by atoms with E-state index in [0.29, 0.717) is 16.7 Å². The van der Waals surface area contributed by atoms with Crippen LogP contribution in [0.5, 0.6) is 11.8 Å². The predicted octanol–water partition coefficient (Wildman–Crippen LogP) is 2.04. The van der Waals surface area contributed by atoms with Crippen LogP contribution in [0.4, 0.5) is 10.2 Å². The zero-order chi connectivity index (χ0) is 23.6. The molecule has 0 spiro atoms. The second-order valence-electron chi connectivity index (χ2n) is 6.90. The molecule has 0 saturated carbocycles. The van der Waals surface area contributed by atoms with E-state index in [9.17, 15) is 17.6 Å². The first-order valence-corrected chi connectivity index (χ1v) is 11.1. The maximum absolute atomic E-state index is 14.9. The van der Waals surface area contributed by atoms with Gasteiger partial charge < -0.3 is 9.15 Å². The van der Waals surface area contributed by atoms with Crippen molar-refractivity contribution in [1.82, 2.24) is 19.7 Å². The van der Waals surface area contributed by atoms with Crippen LogP contribution in [0.25, 0.3) is 11.0 Å². The number of anilines is 1. The number of pyridine rings is 1. The van der Waals surface area contributed by atoms with Crippen molar-refractivity contribution < 1.29 is 22.0 Å². The third kappa shape index (κ3) is 5.59. The molecule has 0 fully saturated rings. The van der Waals surface area contributed by atoms with Crippen LogP contribution in [-0.4, -0.2) is 60.0 Å². The Kier molecular flexibility index (Phi) is 8.00. The third-order valence-electron chi connectivity index (χ3n) is 4.85. The summed E-state index contributed by atoms with van der Waals surface area (Å²) in [7, 11) is -2.78. The van der Waals surface area contributed by atoms with Crippen molar-refractivity contribution in [2.45, 2.75) is 13.3 Å². The Balaban J connectivity index is 0.00000324. The van der Waals surface area contributed by atoms with Gasteiger partial charge in [0.2, 0.25) is 0 Å². The molecule has 4 rings (SSSR count). The SMILES string of the molecule is CNS(=O)(=O)Nc1nccc(Cc2c(C)c3ccc(Oc4ncccn4)cc3oc2=O)c1F.[NaH]. The topological polar surface area (TPSA) is 136 Å². The Bertz CT molecular complexity index is 1500. The van der Waals surface area contributed by atoms with Crippen molar-refractivity contribution in [3.8, 4) is 11.8 Å². The second-order valence-corrected chi connectivity index (χ2v) is 8.52. The number of hydrogen-bond acceptors (Lipinski definition) is 8. The van der Waals surface area contributed by atoms with E-state index in [1.165, 1.54) is 31.7 Å². The Labute approximate surface area is 216 Å². The summed E-state index contributed by atoms with van der Waals surface area (Å²) in [5, 5.41) is 0.636. The van der Waals surface area contributed by atoms with Gasteiger partial charge in [0.1, 0.15) is 11.3 Å². The molecule has 0 aliphatic rings. The van der Waals surface area contributed by atoms with Gasteiger partial charge in [-0.1, -0.05) is 0 Å². The fraction of sp³-hybridized carbons (Fsp3) is 0.143. The first kappa shape index (κ1) is 25.7. The fourth-order valence-corrected chi connectivity index (χ4v) is 3.64. The number of benzene rings is 1. The van der Waals surface area contributed by atoms with E-state index < -0.39 is 27.5 Å². The predicted molar refractivity (Wildman–Crippen MR) is 125 cm³/mol. The van der Waals surface area contributed by atoms with Crippen LogP contribution in [0.1, 0.15) is 16.7 Å². The molecule has 0 aliphatic carbocycles. The molecule has 13 heteroatoms. The van der Waals surface area contributed by atoms with Gasteiger partial charge in [0.15, 0.2) is 11.6 Å². The van der Waals surface area contributed by atoms with E-state index >= 15 is 0 Å². The molecule has 0 amide bonds. The third-order valence-corrected chi connectivity index (χ3v) is 5.85. The van der Waals surface area contributed by atoms with Crippen molar-refractivity contribution >= 4 is 56.6 Å². The minimum absolute atomic E-state index is 0. The fourth-order valence-electron chi connectivity index (χ4n) is 3.15. The average molecular weight is 495 g/mol. The Morgan fingerprint density at radius 3 is 2.56 bits per heavy atom. The van der Waals surface area contributed by atoms with Crippen molar-refractivity contribution in [3.63, 3.8) is 0 Å². The number of hydrogen-bond donors (Lipinski definition) is 2. The van der Waals surface area contributed by atoms with Crippen LogP contribution < -0.4 is 19.8 Å². The molecule has 0 radical (unpaired) electrons. The molecule has 1 aromatic carbocycles. The van der Waals surface area contributed by atoms with Gasteiger partial charge in [-0.05, 0) is 42.3 Å². The number of rotatable bonds is 7. The van der Waals surface area contributed by atoms with E-state index in [1.54, 1.807) is 31.2 Å². The number of nitrogens with one attached hydrogen (secondary N) is 2. The molecule has 3 heterocycles. The summed E-state index contributed by atoms with van der Waals surface area (Å²) in [6.45, 7) is 1.72. The first-order valence-electron chi connectivity index (χ1n) is 9.63. The van der Waals surface area contributed by atoms with E-state index in [1.807, 2.05) is 9.44 Å². The van der Waals surface area contributed by atoms with E-state index in [4.69, 9.17) is 9.15 Å². The van der Waals surface area contributed by atoms with Gasteiger partial charge in [0, 0.05) is 49.1 Å². The molecule has 0 atom stereocenters. The average Bonchev–Trinajstić information content (AvgIpc) is 2.79. The molecule has 3 aromatic heterocycles. The van der Waals surface area contributed by atoms with E-state index in [0.717, 1.165) is 0 Å². The normalized spacial score (nSPS) is 11.1. The van der Waals surface area contributed by atoms with Gasteiger partial charge in [0.05, 0.1) is 0 Å². The summed E-state index contributed by atoms with van der Waals surface area (Å²) < 4.78 is 53.3. The van der Waals surface area contributed by atoms with Crippen LogP contribution >= 0.6 is 0 Å². The second kappa shape index (κ2) is 10.6. The molecule has 34 heavy (non-hydrogen) atoms. The summed E-state index contributed by atoms with van der Waals surface area (Å²) in [6, 6.07) is 8.10. The molecular weight excluding hydrogens is 476 g/mol. The number of ether oxygens (including phenoxy) is 1. The van der Waals surface area contributed by atoms with Gasteiger partial charge in [-0.3, -0.25) is 4.72 Å². The van der Waals surface area contributed by atoms with Gasteiger partial charge >= 0.3 is 41.2 Å². The van der Waals surface area contributed by atoms with E-state index in [2.05, 4.69) is 15.0 Å². The van der Waals surface area contributed by atoms with Crippen LogP contribution in [0.3, 0.4) is 0 Å². The molecule has 2 N–H and O–H groups in total. The van der Waals surface area contributed by atoms with E-state index in [-0.39, 0.29) is 58.7 Å². The number of nitrogens with zero attached hydrogens (tertiary/aromatic N) is 3. The zero-order valence-corrected chi connectivity index (χ0v) is 18.3. The summed E-state index contributed by atoms with van der Waals surface area (Å²) in [5.74, 6) is -0.984. The molecule has 172 valence electrons. The minimum atomic E-state index is -3.96. The Morgan fingerprint density at radius 2 is 1.85 bits per heavy atom. The summed E-state index contributed by atoms with van der Waals surface area (Å²) >= 11 is 0. The maximum atomic E-state index is 14.9. The number of aryl methyl sites for hydroxylation is 1.